The van der Waals surface area contributed by atoms with Gasteiger partial charge in [0.05, 0.1) is 16.9 Å². The van der Waals surface area contributed by atoms with Crippen molar-refractivity contribution in [1.82, 2.24) is 9.78 Å². The van der Waals surface area contributed by atoms with Gasteiger partial charge in [0.2, 0.25) is 0 Å². The molecule has 0 amide bonds. The van der Waals surface area contributed by atoms with E-state index in [0.717, 1.165) is 5.69 Å². The molecule has 0 radical (unpaired) electrons. The molecule has 84 valence electrons. The number of Topliss-reactive ketones (excluding diaryl/α,β-unsaturated/α-hetero) is 1. The van der Waals surface area contributed by atoms with Gasteiger partial charge in [-0.15, -0.1) is 0 Å². The van der Waals surface area contributed by atoms with Gasteiger partial charge in [-0.2, -0.15) is 5.10 Å². The van der Waals surface area contributed by atoms with Crippen LogP contribution < -0.4 is 0 Å². The third kappa shape index (κ3) is 3.06. The van der Waals surface area contributed by atoms with Gasteiger partial charge in [0.25, 0.3) is 0 Å². The molecule has 0 atom stereocenters. The largest absolute Gasteiger partial charge is 0.299 e. The Bertz CT molecular complexity index is 344. The fourth-order valence-corrected chi connectivity index (χ4v) is 1.58. The number of ketones is 1. The highest BCUT2D eigenvalue weighted by atomic mass is 35.5. The van der Waals surface area contributed by atoms with Crippen LogP contribution in [0.5, 0.6) is 0 Å². The van der Waals surface area contributed by atoms with E-state index in [0.29, 0.717) is 17.9 Å². The van der Waals surface area contributed by atoms with Crippen LogP contribution in [-0.4, -0.2) is 15.6 Å². The van der Waals surface area contributed by atoms with Crippen LogP contribution in [0.15, 0.2) is 6.20 Å². The summed E-state index contributed by atoms with van der Waals surface area (Å²) in [7, 11) is 1.84. The quantitative estimate of drug-likeness (QED) is 0.797. The molecule has 0 saturated carbocycles. The number of carbonyl (C=O) groups is 1. The lowest BCUT2D eigenvalue weighted by molar-refractivity contribution is -0.126. The molecule has 0 bridgehead atoms. The van der Waals surface area contributed by atoms with E-state index in [1.54, 1.807) is 10.9 Å². The fourth-order valence-electron chi connectivity index (χ4n) is 1.32. The first kappa shape index (κ1) is 12.2. The Morgan fingerprint density at radius 2 is 2.13 bits per heavy atom. The van der Waals surface area contributed by atoms with Gasteiger partial charge in [0.15, 0.2) is 0 Å². The standard InChI is InChI=1S/C11H17ClN2O/c1-11(2,3)10(15)6-5-9-8(12)7-13-14(9)4/h7H,5-6H2,1-4H3. The predicted molar refractivity (Wildman–Crippen MR) is 61.0 cm³/mol. The average Bonchev–Trinajstić information content (AvgIpc) is 2.41. The number of halogens is 1. The lowest BCUT2D eigenvalue weighted by Gasteiger charge is -2.16. The molecule has 1 aromatic heterocycles. The summed E-state index contributed by atoms with van der Waals surface area (Å²) in [6.45, 7) is 5.79. The van der Waals surface area contributed by atoms with Gasteiger partial charge in [-0.1, -0.05) is 32.4 Å². The molecule has 1 heterocycles. The normalized spacial score (nSPS) is 11.8. The SMILES string of the molecule is Cn1ncc(Cl)c1CCC(=O)C(C)(C)C. The lowest BCUT2D eigenvalue weighted by Crippen LogP contribution is -2.20. The van der Waals surface area contributed by atoms with Crippen molar-refractivity contribution in [2.75, 3.05) is 0 Å². The maximum absolute atomic E-state index is 11.7. The average molecular weight is 229 g/mol. The highest BCUT2D eigenvalue weighted by Crippen LogP contribution is 2.21. The maximum atomic E-state index is 11.7. The van der Waals surface area contributed by atoms with E-state index in [2.05, 4.69) is 5.10 Å². The molecule has 3 nitrogen and oxygen atoms in total. The molecule has 1 aromatic rings. The molecular weight excluding hydrogens is 212 g/mol. The summed E-state index contributed by atoms with van der Waals surface area (Å²) in [5.41, 5.74) is 0.652. The lowest BCUT2D eigenvalue weighted by atomic mass is 9.88. The minimum absolute atomic E-state index is 0.250. The second kappa shape index (κ2) is 4.35. The van der Waals surface area contributed by atoms with Crippen LogP contribution in [0.25, 0.3) is 0 Å². The van der Waals surface area contributed by atoms with Crippen molar-refractivity contribution in [3.8, 4) is 0 Å². The van der Waals surface area contributed by atoms with Crippen LogP contribution in [-0.2, 0) is 18.3 Å². The van der Waals surface area contributed by atoms with Gasteiger partial charge >= 0.3 is 0 Å². The minimum atomic E-state index is -0.273. The summed E-state index contributed by atoms with van der Waals surface area (Å²) in [6.07, 6.45) is 2.78. The number of rotatable bonds is 3. The van der Waals surface area contributed by atoms with Crippen molar-refractivity contribution < 1.29 is 4.79 Å². The van der Waals surface area contributed by atoms with E-state index in [9.17, 15) is 4.79 Å². The van der Waals surface area contributed by atoms with Crippen LogP contribution in [0.4, 0.5) is 0 Å². The Balaban J connectivity index is 2.62. The smallest absolute Gasteiger partial charge is 0.138 e. The van der Waals surface area contributed by atoms with Gasteiger partial charge in [0, 0.05) is 18.9 Å². The third-order valence-electron chi connectivity index (χ3n) is 2.44. The molecule has 0 aliphatic rings. The van der Waals surface area contributed by atoms with Crippen molar-refractivity contribution in [3.05, 3.63) is 16.9 Å². The molecular formula is C11H17ClN2O. The first-order chi connectivity index (χ1) is 6.82. The van der Waals surface area contributed by atoms with E-state index in [1.165, 1.54) is 0 Å². The zero-order valence-electron chi connectivity index (χ0n) is 9.67. The zero-order chi connectivity index (χ0) is 11.6. The molecule has 0 aliphatic carbocycles. The van der Waals surface area contributed by atoms with Crippen LogP contribution in [0, 0.1) is 5.41 Å². The molecule has 4 heteroatoms. The van der Waals surface area contributed by atoms with Gasteiger partial charge in [-0.05, 0) is 6.42 Å². The summed E-state index contributed by atoms with van der Waals surface area (Å²) in [4.78, 5) is 11.7. The Morgan fingerprint density at radius 1 is 1.53 bits per heavy atom. The highest BCUT2D eigenvalue weighted by Gasteiger charge is 2.21. The van der Waals surface area contributed by atoms with Crippen molar-refractivity contribution >= 4 is 17.4 Å². The number of hydrogen-bond donors (Lipinski definition) is 0. The Kier molecular flexibility index (Phi) is 3.55. The van der Waals surface area contributed by atoms with Crippen LogP contribution in [0.3, 0.4) is 0 Å². The first-order valence-corrected chi connectivity index (χ1v) is 5.40. The Labute approximate surface area is 95.4 Å². The third-order valence-corrected chi connectivity index (χ3v) is 2.75. The summed E-state index contributed by atoms with van der Waals surface area (Å²) >= 11 is 5.95. The molecule has 0 N–H and O–H groups in total. The van der Waals surface area contributed by atoms with Crippen LogP contribution in [0.2, 0.25) is 5.02 Å². The van der Waals surface area contributed by atoms with E-state index in [1.807, 2.05) is 27.8 Å². The van der Waals surface area contributed by atoms with E-state index in [-0.39, 0.29) is 11.2 Å². The second-order valence-corrected chi connectivity index (χ2v) is 5.14. The fraction of sp³-hybridized carbons (Fsp3) is 0.636. The molecule has 0 fully saturated rings. The van der Waals surface area contributed by atoms with Gasteiger partial charge in [0.1, 0.15) is 5.78 Å². The molecule has 0 aromatic carbocycles. The van der Waals surface area contributed by atoms with E-state index < -0.39 is 0 Å². The van der Waals surface area contributed by atoms with Crippen LogP contribution >= 0.6 is 11.6 Å². The van der Waals surface area contributed by atoms with Gasteiger partial charge < -0.3 is 0 Å². The Morgan fingerprint density at radius 3 is 2.53 bits per heavy atom. The number of nitrogens with zero attached hydrogens (tertiary/aromatic N) is 2. The van der Waals surface area contributed by atoms with Crippen molar-refractivity contribution in [1.29, 1.82) is 0 Å². The molecule has 0 aliphatic heterocycles. The molecule has 1 rings (SSSR count). The topological polar surface area (TPSA) is 34.9 Å². The van der Waals surface area contributed by atoms with E-state index >= 15 is 0 Å². The summed E-state index contributed by atoms with van der Waals surface area (Å²) in [6, 6.07) is 0. The van der Waals surface area contributed by atoms with Gasteiger partial charge in [-0.25, -0.2) is 0 Å². The number of aryl methyl sites for hydroxylation is 1. The molecule has 0 unspecified atom stereocenters. The number of carbonyl (C=O) groups excluding carboxylic acids is 1. The van der Waals surface area contributed by atoms with Crippen molar-refractivity contribution in [2.45, 2.75) is 33.6 Å². The monoisotopic (exact) mass is 228 g/mol. The molecule has 0 saturated heterocycles. The van der Waals surface area contributed by atoms with Crippen LogP contribution in [0.1, 0.15) is 32.9 Å². The summed E-state index contributed by atoms with van der Waals surface area (Å²) in [5, 5.41) is 4.67. The number of aromatic nitrogens is 2. The minimum Gasteiger partial charge on any atom is -0.299 e. The molecule has 15 heavy (non-hydrogen) atoms. The zero-order valence-corrected chi connectivity index (χ0v) is 10.4. The second-order valence-electron chi connectivity index (χ2n) is 4.74. The molecule has 0 spiro atoms. The van der Waals surface area contributed by atoms with Crippen molar-refractivity contribution in [3.63, 3.8) is 0 Å². The first-order valence-electron chi connectivity index (χ1n) is 5.02. The maximum Gasteiger partial charge on any atom is 0.138 e. The number of hydrogen-bond acceptors (Lipinski definition) is 2. The van der Waals surface area contributed by atoms with Gasteiger partial charge in [-0.3, -0.25) is 9.48 Å². The summed E-state index contributed by atoms with van der Waals surface area (Å²) < 4.78 is 1.72. The summed E-state index contributed by atoms with van der Waals surface area (Å²) in [5.74, 6) is 0.250. The highest BCUT2D eigenvalue weighted by molar-refractivity contribution is 6.31. The van der Waals surface area contributed by atoms with E-state index in [4.69, 9.17) is 11.6 Å². The Hall–Kier alpha value is -0.830. The predicted octanol–water partition coefficient (Wildman–Crippen LogP) is 2.62. The van der Waals surface area contributed by atoms with Crippen molar-refractivity contribution in [2.24, 2.45) is 12.5 Å².